The fourth-order valence-electron chi connectivity index (χ4n) is 2.95. The highest BCUT2D eigenvalue weighted by Gasteiger charge is 2.18. The summed E-state index contributed by atoms with van der Waals surface area (Å²) in [7, 11) is -4.02. The van der Waals surface area contributed by atoms with E-state index in [-0.39, 0.29) is 15.7 Å². The topological polar surface area (TPSA) is 95.8 Å². The summed E-state index contributed by atoms with van der Waals surface area (Å²) in [5, 5.41) is 9.68. The summed E-state index contributed by atoms with van der Waals surface area (Å²) in [6.07, 6.45) is 1.61. The number of fused-ring (bicyclic) bond motifs is 1. The molecule has 0 atom stereocenters. The minimum atomic E-state index is -4.02. The molecule has 8 heteroatoms. The van der Waals surface area contributed by atoms with Crippen molar-refractivity contribution in [3.63, 3.8) is 0 Å². The van der Waals surface area contributed by atoms with Crippen molar-refractivity contribution in [1.29, 1.82) is 5.26 Å². The van der Waals surface area contributed by atoms with Crippen LogP contribution in [-0.4, -0.2) is 18.4 Å². The smallest absolute Gasteiger partial charge is 0.339 e. The van der Waals surface area contributed by atoms with Gasteiger partial charge in [-0.1, -0.05) is 47.5 Å². The minimum absolute atomic E-state index is 0.00152. The molecule has 0 radical (unpaired) electrons. The number of halogens is 1. The Balaban J connectivity index is 1.62. The van der Waals surface area contributed by atoms with Crippen LogP contribution in [0.2, 0.25) is 5.02 Å². The van der Waals surface area contributed by atoms with Gasteiger partial charge in [0.05, 0.1) is 21.6 Å². The number of H-pyrrole nitrogens is 1. The number of allylic oxidation sites excluding steroid dienone is 1. The number of hydrogen-bond donors (Lipinski definition) is 1. The fraction of sp³-hybridized carbons (Fsp3) is 0.0435. The van der Waals surface area contributed by atoms with Crippen LogP contribution in [0.1, 0.15) is 17.0 Å². The summed E-state index contributed by atoms with van der Waals surface area (Å²) in [5.74, 6) is 0.434. The van der Waals surface area contributed by atoms with Crippen molar-refractivity contribution in [3.8, 4) is 11.8 Å². The van der Waals surface area contributed by atoms with Crippen LogP contribution in [-0.2, 0) is 10.1 Å². The van der Waals surface area contributed by atoms with Gasteiger partial charge in [0.25, 0.3) is 0 Å². The second-order valence-corrected chi connectivity index (χ2v) is 8.77. The zero-order valence-corrected chi connectivity index (χ0v) is 17.9. The predicted molar refractivity (Wildman–Crippen MR) is 120 cm³/mol. The van der Waals surface area contributed by atoms with E-state index in [2.05, 4.69) is 16.0 Å². The summed E-state index contributed by atoms with van der Waals surface area (Å²) >= 11 is 6.26. The lowest BCUT2D eigenvalue weighted by atomic mass is 10.1. The summed E-state index contributed by atoms with van der Waals surface area (Å²) in [6.45, 7) is 1.86. The van der Waals surface area contributed by atoms with Crippen LogP contribution in [0.3, 0.4) is 0 Å². The lowest BCUT2D eigenvalue weighted by Gasteiger charge is -2.09. The molecule has 1 heterocycles. The monoisotopic (exact) mass is 449 g/mol. The number of hydrogen-bond acceptors (Lipinski definition) is 5. The fourth-order valence-corrected chi connectivity index (χ4v) is 4.17. The lowest BCUT2D eigenvalue weighted by molar-refractivity contribution is 0.486. The Labute approximate surface area is 184 Å². The van der Waals surface area contributed by atoms with Crippen molar-refractivity contribution >= 4 is 44.4 Å². The Morgan fingerprint density at radius 2 is 1.87 bits per heavy atom. The van der Waals surface area contributed by atoms with E-state index in [9.17, 15) is 13.7 Å². The highest BCUT2D eigenvalue weighted by Crippen LogP contribution is 2.30. The molecule has 1 N–H and O–H groups in total. The van der Waals surface area contributed by atoms with Crippen molar-refractivity contribution in [3.05, 3.63) is 88.7 Å². The van der Waals surface area contributed by atoms with Crippen LogP contribution in [0.4, 0.5) is 0 Å². The molecular weight excluding hydrogens is 434 g/mol. The van der Waals surface area contributed by atoms with Gasteiger partial charge in [-0.05, 0) is 55.0 Å². The molecule has 0 aliphatic heterocycles. The Bertz CT molecular complexity index is 1420. The number of benzene rings is 3. The first-order valence-electron chi connectivity index (χ1n) is 9.23. The van der Waals surface area contributed by atoms with Crippen LogP contribution in [0.5, 0.6) is 5.75 Å². The molecule has 31 heavy (non-hydrogen) atoms. The summed E-state index contributed by atoms with van der Waals surface area (Å²) < 4.78 is 30.2. The molecule has 0 aliphatic carbocycles. The van der Waals surface area contributed by atoms with Crippen molar-refractivity contribution < 1.29 is 12.6 Å². The van der Waals surface area contributed by atoms with Gasteiger partial charge in [-0.25, -0.2) is 4.98 Å². The maximum absolute atomic E-state index is 12.5. The number of aromatic amines is 1. The molecule has 154 valence electrons. The molecule has 0 saturated carbocycles. The minimum Gasteiger partial charge on any atom is -0.377 e. The molecule has 0 unspecified atom stereocenters. The van der Waals surface area contributed by atoms with Crippen molar-refractivity contribution in [1.82, 2.24) is 9.97 Å². The molecule has 0 aliphatic rings. The van der Waals surface area contributed by atoms with Gasteiger partial charge in [0.15, 0.2) is 5.75 Å². The van der Waals surface area contributed by atoms with Gasteiger partial charge in [-0.15, -0.1) is 0 Å². The van der Waals surface area contributed by atoms with Crippen LogP contribution in [0, 0.1) is 18.3 Å². The lowest BCUT2D eigenvalue weighted by Crippen LogP contribution is -2.10. The van der Waals surface area contributed by atoms with E-state index < -0.39 is 10.1 Å². The molecule has 6 nitrogen and oxygen atoms in total. The largest absolute Gasteiger partial charge is 0.377 e. The van der Waals surface area contributed by atoms with Gasteiger partial charge in [0.2, 0.25) is 0 Å². The zero-order valence-electron chi connectivity index (χ0n) is 16.3. The summed E-state index contributed by atoms with van der Waals surface area (Å²) in [6, 6.07) is 20.5. The summed E-state index contributed by atoms with van der Waals surface area (Å²) in [5.41, 5.74) is 3.42. The Morgan fingerprint density at radius 3 is 2.55 bits per heavy atom. The Morgan fingerprint density at radius 1 is 1.13 bits per heavy atom. The molecule has 0 amide bonds. The molecular formula is C23H16ClN3O3S. The van der Waals surface area contributed by atoms with E-state index in [0.29, 0.717) is 17.0 Å². The van der Waals surface area contributed by atoms with Crippen molar-refractivity contribution in [2.24, 2.45) is 0 Å². The van der Waals surface area contributed by atoms with Crippen LogP contribution >= 0.6 is 11.6 Å². The number of imidazole rings is 1. The number of rotatable bonds is 5. The SMILES string of the molecule is Cc1ccc(S(=O)(=O)Oc2ccc(/C=C(\C#N)c3nc4ccccc4[nH]3)cc2Cl)cc1. The van der Waals surface area contributed by atoms with Crippen LogP contribution in [0.25, 0.3) is 22.7 Å². The predicted octanol–water partition coefficient (Wildman–Crippen LogP) is 5.36. The maximum Gasteiger partial charge on any atom is 0.339 e. The standard InChI is InChI=1S/C23H16ClN3O3S/c1-15-6-9-18(10-7-15)31(28,29)30-22-11-8-16(13-19(22)24)12-17(14-25)23-26-20-4-2-3-5-21(20)27-23/h2-13H,1H3,(H,26,27)/b17-12+. The number of nitriles is 1. The molecule has 0 bridgehead atoms. The first kappa shape index (κ1) is 20.7. The normalized spacial score (nSPS) is 12.0. The van der Waals surface area contributed by atoms with E-state index in [1.165, 1.54) is 24.3 Å². The van der Waals surface area contributed by atoms with Gasteiger partial charge in [-0.2, -0.15) is 13.7 Å². The van der Waals surface area contributed by atoms with E-state index in [0.717, 1.165) is 16.6 Å². The molecule has 4 aromatic rings. The molecule has 0 spiro atoms. The first-order valence-corrected chi connectivity index (χ1v) is 11.0. The highest BCUT2D eigenvalue weighted by molar-refractivity contribution is 7.87. The molecule has 0 saturated heterocycles. The Hall–Kier alpha value is -3.60. The van der Waals surface area contributed by atoms with Crippen LogP contribution < -0.4 is 4.18 Å². The van der Waals surface area contributed by atoms with E-state index in [4.69, 9.17) is 15.8 Å². The average Bonchev–Trinajstić information content (AvgIpc) is 3.18. The van der Waals surface area contributed by atoms with Crippen LogP contribution in [0.15, 0.2) is 71.6 Å². The van der Waals surface area contributed by atoms with Gasteiger partial charge >= 0.3 is 10.1 Å². The number of nitrogens with one attached hydrogen (secondary N) is 1. The van der Waals surface area contributed by atoms with Crippen molar-refractivity contribution in [2.45, 2.75) is 11.8 Å². The molecule has 1 aromatic heterocycles. The van der Waals surface area contributed by atoms with Gasteiger partial charge in [0, 0.05) is 0 Å². The molecule has 4 rings (SSSR count). The maximum atomic E-state index is 12.5. The second-order valence-electron chi connectivity index (χ2n) is 6.81. The second kappa shape index (κ2) is 8.26. The third kappa shape index (κ3) is 4.45. The quantitative estimate of drug-likeness (QED) is 0.327. The third-order valence-electron chi connectivity index (χ3n) is 4.54. The van der Waals surface area contributed by atoms with E-state index in [1.807, 2.05) is 31.2 Å². The highest BCUT2D eigenvalue weighted by atomic mass is 35.5. The molecule has 3 aromatic carbocycles. The number of aromatic nitrogens is 2. The number of aryl methyl sites for hydroxylation is 1. The number of para-hydroxylation sites is 2. The van der Waals surface area contributed by atoms with E-state index >= 15 is 0 Å². The van der Waals surface area contributed by atoms with Gasteiger partial charge in [0.1, 0.15) is 16.8 Å². The first-order chi connectivity index (χ1) is 14.9. The van der Waals surface area contributed by atoms with Crippen molar-refractivity contribution in [2.75, 3.05) is 0 Å². The van der Waals surface area contributed by atoms with E-state index in [1.54, 1.807) is 24.3 Å². The third-order valence-corrected chi connectivity index (χ3v) is 6.08. The zero-order chi connectivity index (χ0) is 22.0. The van der Waals surface area contributed by atoms with Gasteiger partial charge < -0.3 is 9.17 Å². The van der Waals surface area contributed by atoms with Gasteiger partial charge in [-0.3, -0.25) is 0 Å². The Kier molecular flexibility index (Phi) is 5.51. The number of nitrogens with zero attached hydrogens (tertiary/aromatic N) is 2. The molecule has 0 fully saturated rings. The average molecular weight is 450 g/mol. The summed E-state index contributed by atoms with van der Waals surface area (Å²) in [4.78, 5) is 7.57.